The number of hydrogen-bond acceptors (Lipinski definition) is 4. The molecule has 0 spiro atoms. The van der Waals surface area contributed by atoms with E-state index in [9.17, 15) is 5.11 Å². The fraction of sp³-hybridized carbons (Fsp3) is 0.450. The second-order valence-corrected chi connectivity index (χ2v) is 7.47. The summed E-state index contributed by atoms with van der Waals surface area (Å²) in [5, 5.41) is 12.0. The minimum Gasteiger partial charge on any atom is -0.497 e. The zero-order valence-electron chi connectivity index (χ0n) is 14.9. The molecule has 1 N–H and O–H groups in total. The summed E-state index contributed by atoms with van der Waals surface area (Å²) in [5.41, 5.74) is 1.03. The first-order valence-electron chi connectivity index (χ1n) is 8.63. The van der Waals surface area contributed by atoms with E-state index in [1.54, 1.807) is 19.4 Å². The van der Waals surface area contributed by atoms with E-state index in [4.69, 9.17) is 16.3 Å². The van der Waals surface area contributed by atoms with E-state index in [2.05, 4.69) is 35.9 Å². The molecule has 1 aliphatic heterocycles. The molecular formula is C20H25ClN2O2. The van der Waals surface area contributed by atoms with Crippen molar-refractivity contribution in [1.29, 1.82) is 0 Å². The Morgan fingerprint density at radius 3 is 2.32 bits per heavy atom. The lowest BCUT2D eigenvalue weighted by Gasteiger charge is -2.47. The highest BCUT2D eigenvalue weighted by Crippen LogP contribution is 2.40. The van der Waals surface area contributed by atoms with Crippen molar-refractivity contribution in [1.82, 2.24) is 9.88 Å². The van der Waals surface area contributed by atoms with Gasteiger partial charge in [0.05, 0.1) is 17.8 Å². The third-order valence-corrected chi connectivity index (χ3v) is 5.49. The Bertz CT molecular complexity index is 691. The van der Waals surface area contributed by atoms with Gasteiger partial charge in [-0.2, -0.15) is 0 Å². The Kier molecular flexibility index (Phi) is 5.32. The Hall–Kier alpha value is -1.62. The number of likely N-dealkylation sites (tertiary alicyclic amines) is 1. The van der Waals surface area contributed by atoms with Gasteiger partial charge in [0, 0.05) is 37.7 Å². The minimum absolute atomic E-state index is 0.0724. The molecule has 2 atom stereocenters. The summed E-state index contributed by atoms with van der Waals surface area (Å²) in [6.07, 6.45) is 1.61. The van der Waals surface area contributed by atoms with Crippen molar-refractivity contribution in [2.24, 2.45) is 11.8 Å². The Morgan fingerprint density at radius 1 is 1.16 bits per heavy atom. The number of benzene rings is 1. The number of hydrogen-bond donors (Lipinski definition) is 1. The van der Waals surface area contributed by atoms with Gasteiger partial charge < -0.3 is 9.84 Å². The van der Waals surface area contributed by atoms with Crippen molar-refractivity contribution in [3.8, 4) is 5.75 Å². The smallest absolute Gasteiger partial charge is 0.118 e. The number of aromatic nitrogens is 1. The summed E-state index contributed by atoms with van der Waals surface area (Å²) in [6, 6.07) is 11.8. The Balaban J connectivity index is 1.73. The second kappa shape index (κ2) is 7.32. The van der Waals surface area contributed by atoms with Crippen LogP contribution in [0.15, 0.2) is 42.6 Å². The van der Waals surface area contributed by atoms with Crippen molar-refractivity contribution in [3.63, 3.8) is 0 Å². The summed E-state index contributed by atoms with van der Waals surface area (Å²) in [7, 11) is 1.68. The summed E-state index contributed by atoms with van der Waals surface area (Å²) in [5.74, 6) is 1.01. The maximum Gasteiger partial charge on any atom is 0.118 e. The molecule has 134 valence electrons. The molecule has 0 amide bonds. The fourth-order valence-electron chi connectivity index (χ4n) is 3.85. The maximum absolute atomic E-state index is 11.4. The number of piperidine rings is 1. The van der Waals surface area contributed by atoms with Gasteiger partial charge in [0.2, 0.25) is 0 Å². The van der Waals surface area contributed by atoms with Crippen LogP contribution in [-0.4, -0.2) is 35.2 Å². The molecule has 1 aromatic carbocycles. The number of halogens is 1. The van der Waals surface area contributed by atoms with Crippen molar-refractivity contribution < 1.29 is 9.84 Å². The van der Waals surface area contributed by atoms with Gasteiger partial charge in [-0.15, -0.1) is 0 Å². The molecule has 1 fully saturated rings. The minimum atomic E-state index is -0.930. The maximum atomic E-state index is 11.4. The third-order valence-electron chi connectivity index (χ3n) is 5.27. The monoisotopic (exact) mass is 360 g/mol. The van der Waals surface area contributed by atoms with Crippen LogP contribution in [0.2, 0.25) is 5.02 Å². The summed E-state index contributed by atoms with van der Waals surface area (Å²) >= 11 is 5.94. The molecule has 1 aliphatic rings. The van der Waals surface area contributed by atoms with Crippen LogP contribution in [0.25, 0.3) is 0 Å². The molecule has 0 saturated carbocycles. The molecule has 2 unspecified atom stereocenters. The highest BCUT2D eigenvalue weighted by atomic mass is 35.5. The molecule has 0 aliphatic carbocycles. The van der Waals surface area contributed by atoms with Crippen LogP contribution >= 0.6 is 11.6 Å². The molecule has 4 nitrogen and oxygen atoms in total. The average molecular weight is 361 g/mol. The van der Waals surface area contributed by atoms with Gasteiger partial charge >= 0.3 is 0 Å². The molecule has 1 saturated heterocycles. The summed E-state index contributed by atoms with van der Waals surface area (Å²) in [4.78, 5) is 6.78. The zero-order valence-corrected chi connectivity index (χ0v) is 15.7. The van der Waals surface area contributed by atoms with Crippen molar-refractivity contribution in [2.45, 2.75) is 26.0 Å². The SMILES string of the molecule is COc1ccc(CN2CC(C)C(O)(c3ccc(Cl)cn3)C(C)C2)cc1. The fourth-order valence-corrected chi connectivity index (χ4v) is 3.96. The molecule has 0 bridgehead atoms. The first kappa shape index (κ1) is 18.2. The standard InChI is InChI=1S/C20H25ClN2O2/c1-14-11-23(13-16-4-7-18(25-3)8-5-16)12-15(2)20(14,24)19-9-6-17(21)10-22-19/h4-10,14-15,24H,11-13H2,1-3H3. The summed E-state index contributed by atoms with van der Waals surface area (Å²) < 4.78 is 5.21. The largest absolute Gasteiger partial charge is 0.497 e. The summed E-state index contributed by atoms with van der Waals surface area (Å²) in [6.45, 7) is 6.68. The van der Waals surface area contributed by atoms with Crippen LogP contribution in [0.3, 0.4) is 0 Å². The molecule has 1 aromatic heterocycles. The van der Waals surface area contributed by atoms with E-state index in [1.807, 2.05) is 18.2 Å². The van der Waals surface area contributed by atoms with Gasteiger partial charge in [0.25, 0.3) is 0 Å². The van der Waals surface area contributed by atoms with Crippen molar-refractivity contribution in [2.75, 3.05) is 20.2 Å². The van der Waals surface area contributed by atoms with E-state index < -0.39 is 5.60 Å². The van der Waals surface area contributed by atoms with Crippen LogP contribution in [0.1, 0.15) is 25.1 Å². The van der Waals surface area contributed by atoms with Gasteiger partial charge in [0.15, 0.2) is 0 Å². The lowest BCUT2D eigenvalue weighted by Crippen LogP contribution is -2.54. The van der Waals surface area contributed by atoms with Gasteiger partial charge in [-0.3, -0.25) is 9.88 Å². The highest BCUT2D eigenvalue weighted by Gasteiger charge is 2.46. The lowest BCUT2D eigenvalue weighted by atomic mass is 9.72. The molecule has 2 aromatic rings. The first-order valence-corrected chi connectivity index (χ1v) is 9.01. The average Bonchev–Trinajstić information content (AvgIpc) is 2.61. The molecule has 5 heteroatoms. The predicted molar refractivity (Wildman–Crippen MR) is 99.7 cm³/mol. The first-order chi connectivity index (χ1) is 11.9. The van der Waals surface area contributed by atoms with Crippen LogP contribution in [-0.2, 0) is 12.1 Å². The second-order valence-electron chi connectivity index (χ2n) is 7.03. The van der Waals surface area contributed by atoms with Crippen LogP contribution in [0.4, 0.5) is 0 Å². The number of aliphatic hydroxyl groups is 1. The lowest BCUT2D eigenvalue weighted by molar-refractivity contribution is -0.117. The third kappa shape index (κ3) is 3.66. The molecule has 25 heavy (non-hydrogen) atoms. The van der Waals surface area contributed by atoms with E-state index in [0.29, 0.717) is 10.7 Å². The van der Waals surface area contributed by atoms with Crippen molar-refractivity contribution in [3.05, 3.63) is 58.9 Å². The van der Waals surface area contributed by atoms with Gasteiger partial charge in [0.1, 0.15) is 11.4 Å². The van der Waals surface area contributed by atoms with Crippen molar-refractivity contribution >= 4 is 11.6 Å². The quantitative estimate of drug-likeness (QED) is 0.902. The number of ether oxygens (including phenoxy) is 1. The predicted octanol–water partition coefficient (Wildman–Crippen LogP) is 3.72. The normalized spacial score (nSPS) is 27.2. The van der Waals surface area contributed by atoms with Crippen LogP contribution < -0.4 is 4.74 Å². The molecular weight excluding hydrogens is 336 g/mol. The zero-order chi connectivity index (χ0) is 18.0. The number of rotatable bonds is 4. The van der Waals surface area contributed by atoms with Crippen LogP contribution in [0.5, 0.6) is 5.75 Å². The number of nitrogens with zero attached hydrogens (tertiary/aromatic N) is 2. The number of pyridine rings is 1. The molecule has 0 radical (unpaired) electrons. The highest BCUT2D eigenvalue weighted by molar-refractivity contribution is 6.30. The van der Waals surface area contributed by atoms with E-state index in [-0.39, 0.29) is 11.8 Å². The van der Waals surface area contributed by atoms with E-state index in [0.717, 1.165) is 25.4 Å². The van der Waals surface area contributed by atoms with Gasteiger partial charge in [-0.25, -0.2) is 0 Å². The Labute approximate surface area is 154 Å². The molecule has 2 heterocycles. The van der Waals surface area contributed by atoms with Gasteiger partial charge in [-0.1, -0.05) is 37.6 Å². The topological polar surface area (TPSA) is 45.6 Å². The van der Waals surface area contributed by atoms with E-state index in [1.165, 1.54) is 5.56 Å². The number of methoxy groups -OCH3 is 1. The Morgan fingerprint density at radius 2 is 1.80 bits per heavy atom. The molecule has 3 rings (SSSR count). The van der Waals surface area contributed by atoms with Gasteiger partial charge in [-0.05, 0) is 29.8 Å². The van der Waals surface area contributed by atoms with Crippen LogP contribution in [0, 0.1) is 11.8 Å². The van der Waals surface area contributed by atoms with E-state index >= 15 is 0 Å².